The lowest BCUT2D eigenvalue weighted by Gasteiger charge is -2.18. The first-order chi connectivity index (χ1) is 5.59. The SMILES string of the molecule is CCNc1c(N(C)C)c(=O)c1=O. The standard InChI is InChI=1S/C8H12N2O2/c1-4-9-5-6(10(2)3)8(12)7(5)11/h9H,4H2,1-3H3. The molecule has 0 bridgehead atoms. The molecule has 0 aromatic heterocycles. The summed E-state index contributed by atoms with van der Waals surface area (Å²) in [5, 5.41) is 2.86. The van der Waals surface area contributed by atoms with Crippen molar-refractivity contribution in [2.24, 2.45) is 0 Å². The first-order valence-corrected chi connectivity index (χ1v) is 3.84. The van der Waals surface area contributed by atoms with E-state index in [-0.39, 0.29) is 0 Å². The van der Waals surface area contributed by atoms with Gasteiger partial charge >= 0.3 is 0 Å². The van der Waals surface area contributed by atoms with Crippen LogP contribution in [-0.4, -0.2) is 20.6 Å². The Hall–Kier alpha value is -1.32. The van der Waals surface area contributed by atoms with Crippen molar-refractivity contribution in [3.05, 3.63) is 20.4 Å². The Bertz CT molecular complexity index is 348. The van der Waals surface area contributed by atoms with Gasteiger partial charge in [0, 0.05) is 20.6 Å². The second-order valence-electron chi connectivity index (χ2n) is 2.81. The van der Waals surface area contributed by atoms with Crippen molar-refractivity contribution in [1.29, 1.82) is 0 Å². The average molecular weight is 168 g/mol. The van der Waals surface area contributed by atoms with Crippen LogP contribution in [0.4, 0.5) is 11.4 Å². The van der Waals surface area contributed by atoms with Crippen LogP contribution >= 0.6 is 0 Å². The highest BCUT2D eigenvalue weighted by atomic mass is 16.2. The summed E-state index contributed by atoms with van der Waals surface area (Å²) >= 11 is 0. The third kappa shape index (κ3) is 1.09. The summed E-state index contributed by atoms with van der Waals surface area (Å²) in [6.45, 7) is 2.54. The van der Waals surface area contributed by atoms with E-state index in [1.807, 2.05) is 6.92 Å². The van der Waals surface area contributed by atoms with E-state index in [9.17, 15) is 9.59 Å². The largest absolute Gasteiger partial charge is 0.380 e. The minimum Gasteiger partial charge on any atom is -0.380 e. The quantitative estimate of drug-likeness (QED) is 0.634. The predicted octanol–water partition coefficient (Wildman–Crippen LogP) is -0.220. The molecule has 0 aliphatic rings. The molecule has 0 saturated carbocycles. The van der Waals surface area contributed by atoms with E-state index in [1.54, 1.807) is 19.0 Å². The van der Waals surface area contributed by atoms with Crippen LogP contribution in [0, 0.1) is 0 Å². The molecule has 0 atom stereocenters. The van der Waals surface area contributed by atoms with Crippen LogP contribution in [0.25, 0.3) is 0 Å². The molecule has 0 aliphatic carbocycles. The zero-order valence-corrected chi connectivity index (χ0v) is 7.47. The van der Waals surface area contributed by atoms with Crippen LogP contribution in [0.3, 0.4) is 0 Å². The van der Waals surface area contributed by atoms with Crippen LogP contribution in [0.15, 0.2) is 9.59 Å². The lowest BCUT2D eigenvalue weighted by atomic mass is 10.2. The van der Waals surface area contributed by atoms with Gasteiger partial charge in [-0.25, -0.2) is 0 Å². The van der Waals surface area contributed by atoms with Gasteiger partial charge in [0.05, 0.1) is 0 Å². The van der Waals surface area contributed by atoms with E-state index in [0.29, 0.717) is 17.9 Å². The van der Waals surface area contributed by atoms with Gasteiger partial charge in [-0.15, -0.1) is 0 Å². The number of nitrogens with zero attached hydrogens (tertiary/aromatic N) is 1. The molecule has 0 spiro atoms. The van der Waals surface area contributed by atoms with Crippen molar-refractivity contribution in [1.82, 2.24) is 0 Å². The third-order valence-electron chi connectivity index (χ3n) is 1.69. The first kappa shape index (κ1) is 8.77. The molecule has 0 heterocycles. The first-order valence-electron chi connectivity index (χ1n) is 3.84. The topological polar surface area (TPSA) is 49.4 Å². The third-order valence-corrected chi connectivity index (χ3v) is 1.69. The molecule has 0 unspecified atom stereocenters. The van der Waals surface area contributed by atoms with Crippen molar-refractivity contribution in [3.8, 4) is 0 Å². The molecule has 66 valence electrons. The van der Waals surface area contributed by atoms with E-state index in [0.717, 1.165) is 0 Å². The van der Waals surface area contributed by atoms with Gasteiger partial charge in [0.15, 0.2) is 0 Å². The van der Waals surface area contributed by atoms with Crippen molar-refractivity contribution >= 4 is 11.4 Å². The highest BCUT2D eigenvalue weighted by Crippen LogP contribution is 2.16. The molecule has 1 N–H and O–H groups in total. The fraction of sp³-hybridized carbons (Fsp3) is 0.500. The van der Waals surface area contributed by atoms with E-state index >= 15 is 0 Å². The molecular formula is C8H12N2O2. The number of rotatable bonds is 3. The zero-order chi connectivity index (χ0) is 9.30. The lowest BCUT2D eigenvalue weighted by Crippen LogP contribution is -2.39. The normalized spacial score (nSPS) is 10.2. The molecule has 1 aromatic carbocycles. The molecule has 0 radical (unpaired) electrons. The van der Waals surface area contributed by atoms with Crippen molar-refractivity contribution < 1.29 is 0 Å². The Morgan fingerprint density at radius 2 is 1.83 bits per heavy atom. The Labute approximate surface area is 70.5 Å². The summed E-state index contributed by atoms with van der Waals surface area (Å²) in [6, 6.07) is 0. The monoisotopic (exact) mass is 168 g/mol. The van der Waals surface area contributed by atoms with Crippen molar-refractivity contribution in [2.45, 2.75) is 6.92 Å². The smallest absolute Gasteiger partial charge is 0.253 e. The van der Waals surface area contributed by atoms with Gasteiger partial charge in [0.1, 0.15) is 11.4 Å². The van der Waals surface area contributed by atoms with Crippen LogP contribution in [0.2, 0.25) is 0 Å². The fourth-order valence-electron chi connectivity index (χ4n) is 1.15. The van der Waals surface area contributed by atoms with Crippen LogP contribution in [0.5, 0.6) is 0 Å². The summed E-state index contributed by atoms with van der Waals surface area (Å²) in [5.74, 6) is 0. The van der Waals surface area contributed by atoms with Gasteiger partial charge in [-0.1, -0.05) is 0 Å². The summed E-state index contributed by atoms with van der Waals surface area (Å²) in [6.07, 6.45) is 0. The minimum atomic E-state index is -0.402. The maximum absolute atomic E-state index is 11.0. The maximum atomic E-state index is 11.0. The summed E-state index contributed by atoms with van der Waals surface area (Å²) in [4.78, 5) is 23.6. The fourth-order valence-corrected chi connectivity index (χ4v) is 1.15. The molecule has 1 aromatic rings. The molecule has 12 heavy (non-hydrogen) atoms. The van der Waals surface area contributed by atoms with Gasteiger partial charge in [-0.05, 0) is 6.92 Å². The molecule has 0 amide bonds. The Morgan fingerprint density at radius 3 is 2.25 bits per heavy atom. The van der Waals surface area contributed by atoms with Gasteiger partial charge < -0.3 is 10.2 Å². The number of hydrogen-bond donors (Lipinski definition) is 1. The van der Waals surface area contributed by atoms with Gasteiger partial charge in [0.25, 0.3) is 10.9 Å². The maximum Gasteiger partial charge on any atom is 0.253 e. The Kier molecular flexibility index (Phi) is 2.17. The number of anilines is 2. The second kappa shape index (κ2) is 2.97. The molecule has 0 saturated heterocycles. The summed E-state index contributed by atoms with van der Waals surface area (Å²) in [7, 11) is 3.49. The van der Waals surface area contributed by atoms with Gasteiger partial charge in [-0.3, -0.25) is 9.59 Å². The average Bonchev–Trinajstić information content (AvgIpc) is 2.02. The summed E-state index contributed by atoms with van der Waals surface area (Å²) in [5.41, 5.74) is 0.144. The van der Waals surface area contributed by atoms with Crippen LogP contribution in [-0.2, 0) is 0 Å². The van der Waals surface area contributed by atoms with Crippen LogP contribution in [0.1, 0.15) is 6.92 Å². The molecule has 1 rings (SSSR count). The Morgan fingerprint density at radius 1 is 1.25 bits per heavy atom. The number of nitrogens with one attached hydrogen (secondary N) is 1. The molecular weight excluding hydrogens is 156 g/mol. The van der Waals surface area contributed by atoms with Crippen molar-refractivity contribution in [2.75, 3.05) is 30.9 Å². The highest BCUT2D eigenvalue weighted by molar-refractivity contribution is 5.74. The predicted molar refractivity (Wildman–Crippen MR) is 49.8 cm³/mol. The summed E-state index contributed by atoms with van der Waals surface area (Å²) < 4.78 is 0. The van der Waals surface area contributed by atoms with Gasteiger partial charge in [-0.2, -0.15) is 0 Å². The van der Waals surface area contributed by atoms with Crippen LogP contribution < -0.4 is 21.1 Å². The molecule has 4 nitrogen and oxygen atoms in total. The highest BCUT2D eigenvalue weighted by Gasteiger charge is 2.21. The molecule has 4 heteroatoms. The van der Waals surface area contributed by atoms with E-state index in [4.69, 9.17) is 0 Å². The second-order valence-corrected chi connectivity index (χ2v) is 2.81. The molecule has 0 aliphatic heterocycles. The Balaban J connectivity index is 3.05. The zero-order valence-electron chi connectivity index (χ0n) is 7.47. The van der Waals surface area contributed by atoms with Crippen molar-refractivity contribution in [3.63, 3.8) is 0 Å². The minimum absolute atomic E-state index is 0.393. The van der Waals surface area contributed by atoms with E-state index in [1.165, 1.54) is 0 Å². The van der Waals surface area contributed by atoms with E-state index in [2.05, 4.69) is 5.32 Å². The number of hydrogen-bond acceptors (Lipinski definition) is 4. The van der Waals surface area contributed by atoms with E-state index < -0.39 is 10.9 Å². The molecule has 0 fully saturated rings. The lowest BCUT2D eigenvalue weighted by molar-refractivity contribution is 1.07. The van der Waals surface area contributed by atoms with Gasteiger partial charge in [0.2, 0.25) is 0 Å².